The standard InChI is InChI=1S/C14H19BF3NO5/c1-12(2)13(3,4)24-15(23-12)9-5-6-19(7-8(9)10(20)21)11(22)14(16,17)18/h5-7H2,1-4H3,(H,20,21). The minimum Gasteiger partial charge on any atom is -0.478 e. The normalized spacial score (nSPS) is 23.6. The second kappa shape index (κ2) is 5.77. The Morgan fingerprint density at radius 1 is 1.17 bits per heavy atom. The molecule has 0 aromatic rings. The fourth-order valence-corrected chi connectivity index (χ4v) is 2.58. The number of carbonyl (C=O) groups excluding carboxylic acids is 1. The minimum absolute atomic E-state index is 0.0553. The molecular weight excluding hydrogens is 330 g/mol. The number of carboxylic acids is 1. The first-order valence-electron chi connectivity index (χ1n) is 7.43. The predicted molar refractivity (Wildman–Crippen MR) is 78.0 cm³/mol. The van der Waals surface area contributed by atoms with Crippen molar-refractivity contribution in [3.8, 4) is 0 Å². The first-order chi connectivity index (χ1) is 10.8. The van der Waals surface area contributed by atoms with Gasteiger partial charge in [-0.3, -0.25) is 4.79 Å². The van der Waals surface area contributed by atoms with E-state index in [0.717, 1.165) is 0 Å². The molecule has 0 atom stereocenters. The fourth-order valence-electron chi connectivity index (χ4n) is 2.58. The van der Waals surface area contributed by atoms with Crippen molar-refractivity contribution in [3.05, 3.63) is 11.0 Å². The van der Waals surface area contributed by atoms with Crippen molar-refractivity contribution in [2.24, 2.45) is 0 Å². The van der Waals surface area contributed by atoms with E-state index in [2.05, 4.69) is 0 Å². The number of rotatable bonds is 2. The van der Waals surface area contributed by atoms with Gasteiger partial charge in [0.1, 0.15) is 0 Å². The first-order valence-corrected chi connectivity index (χ1v) is 7.43. The smallest absolute Gasteiger partial charge is 0.478 e. The molecule has 6 nitrogen and oxygen atoms in total. The molecule has 1 fully saturated rings. The van der Waals surface area contributed by atoms with Gasteiger partial charge in [0.2, 0.25) is 0 Å². The second-order valence-corrected chi connectivity index (χ2v) is 6.87. The van der Waals surface area contributed by atoms with E-state index in [1.165, 1.54) is 0 Å². The van der Waals surface area contributed by atoms with E-state index in [0.29, 0.717) is 4.90 Å². The molecule has 0 aromatic heterocycles. The van der Waals surface area contributed by atoms with Gasteiger partial charge in [-0.15, -0.1) is 0 Å². The van der Waals surface area contributed by atoms with Crippen LogP contribution in [0.1, 0.15) is 34.1 Å². The Labute approximate surface area is 137 Å². The molecule has 2 heterocycles. The Morgan fingerprint density at radius 2 is 1.67 bits per heavy atom. The van der Waals surface area contributed by atoms with Crippen molar-refractivity contribution in [2.45, 2.75) is 51.5 Å². The molecule has 0 radical (unpaired) electrons. The van der Waals surface area contributed by atoms with E-state index in [9.17, 15) is 27.9 Å². The van der Waals surface area contributed by atoms with Crippen molar-refractivity contribution in [1.82, 2.24) is 4.90 Å². The molecule has 1 saturated heterocycles. The van der Waals surface area contributed by atoms with Gasteiger partial charge in [0, 0.05) is 6.54 Å². The Bertz CT molecular complexity index is 584. The molecule has 10 heteroatoms. The van der Waals surface area contributed by atoms with Crippen molar-refractivity contribution < 1.29 is 37.2 Å². The Hall–Kier alpha value is -1.55. The van der Waals surface area contributed by atoms with Gasteiger partial charge in [-0.25, -0.2) is 4.79 Å². The summed E-state index contributed by atoms with van der Waals surface area (Å²) < 4.78 is 49.2. The third kappa shape index (κ3) is 3.30. The molecule has 2 rings (SSSR count). The summed E-state index contributed by atoms with van der Waals surface area (Å²) in [5.74, 6) is -3.44. The number of halogens is 3. The molecule has 0 spiro atoms. The number of alkyl halides is 3. The number of carboxylic acid groups (broad SMARTS) is 1. The van der Waals surface area contributed by atoms with Crippen LogP contribution in [-0.2, 0) is 18.9 Å². The molecule has 134 valence electrons. The summed E-state index contributed by atoms with van der Waals surface area (Å²) in [6.45, 7) is 6.28. The highest BCUT2D eigenvalue weighted by atomic mass is 19.4. The maximum absolute atomic E-state index is 12.6. The zero-order chi connectivity index (χ0) is 18.5. The summed E-state index contributed by atoms with van der Waals surface area (Å²) in [6.07, 6.45) is -5.09. The van der Waals surface area contributed by atoms with E-state index in [4.69, 9.17) is 9.31 Å². The number of hydrogen-bond donors (Lipinski definition) is 1. The maximum Gasteiger partial charge on any atom is 0.491 e. The van der Waals surface area contributed by atoms with Crippen LogP contribution in [0, 0.1) is 0 Å². The SMILES string of the molecule is CC1(C)OB(C2=C(C(=O)O)CN(C(=O)C(F)(F)F)CC2)OC1(C)C. The summed E-state index contributed by atoms with van der Waals surface area (Å²) in [5, 5.41) is 9.34. The zero-order valence-corrected chi connectivity index (χ0v) is 13.9. The zero-order valence-electron chi connectivity index (χ0n) is 13.9. The molecule has 1 N–H and O–H groups in total. The monoisotopic (exact) mass is 349 g/mol. The van der Waals surface area contributed by atoms with E-state index in [1.807, 2.05) is 0 Å². The average Bonchev–Trinajstić information content (AvgIpc) is 2.64. The highest BCUT2D eigenvalue weighted by Gasteiger charge is 2.54. The van der Waals surface area contributed by atoms with Crippen molar-refractivity contribution in [1.29, 1.82) is 0 Å². The lowest BCUT2D eigenvalue weighted by Gasteiger charge is -2.32. The Morgan fingerprint density at radius 3 is 2.08 bits per heavy atom. The number of carbonyl (C=O) groups is 2. The topological polar surface area (TPSA) is 76.1 Å². The third-order valence-corrected chi connectivity index (χ3v) is 4.71. The predicted octanol–water partition coefficient (Wildman–Crippen LogP) is 1.79. The number of hydrogen-bond acceptors (Lipinski definition) is 4. The Balaban J connectivity index is 2.30. The van der Waals surface area contributed by atoms with E-state index in [-0.39, 0.29) is 24.0 Å². The van der Waals surface area contributed by atoms with Gasteiger partial charge in [-0.1, -0.05) is 0 Å². The van der Waals surface area contributed by atoms with Crippen molar-refractivity contribution in [2.75, 3.05) is 13.1 Å². The molecule has 0 aliphatic carbocycles. The van der Waals surface area contributed by atoms with Crippen LogP contribution in [0.4, 0.5) is 13.2 Å². The average molecular weight is 349 g/mol. The van der Waals surface area contributed by atoms with Gasteiger partial charge in [-0.05, 0) is 39.6 Å². The molecule has 0 saturated carbocycles. The van der Waals surface area contributed by atoms with Gasteiger partial charge < -0.3 is 19.3 Å². The number of nitrogens with zero attached hydrogens (tertiary/aromatic N) is 1. The molecule has 0 aromatic carbocycles. The molecular formula is C14H19BF3NO5. The van der Waals surface area contributed by atoms with Crippen molar-refractivity contribution in [3.63, 3.8) is 0 Å². The summed E-state index contributed by atoms with van der Waals surface area (Å²) in [4.78, 5) is 23.3. The summed E-state index contributed by atoms with van der Waals surface area (Å²) >= 11 is 0. The highest BCUT2D eigenvalue weighted by Crippen LogP contribution is 2.40. The molecule has 24 heavy (non-hydrogen) atoms. The van der Waals surface area contributed by atoms with Crippen LogP contribution >= 0.6 is 0 Å². The van der Waals surface area contributed by atoms with Crippen LogP contribution in [0.15, 0.2) is 11.0 Å². The van der Waals surface area contributed by atoms with Crippen LogP contribution < -0.4 is 0 Å². The van der Waals surface area contributed by atoms with E-state index >= 15 is 0 Å². The van der Waals surface area contributed by atoms with Crippen LogP contribution in [0.5, 0.6) is 0 Å². The lowest BCUT2D eigenvalue weighted by Crippen LogP contribution is -2.47. The highest BCUT2D eigenvalue weighted by molar-refractivity contribution is 6.55. The lowest BCUT2D eigenvalue weighted by molar-refractivity contribution is -0.185. The fraction of sp³-hybridized carbons (Fsp3) is 0.714. The molecule has 2 aliphatic heterocycles. The third-order valence-electron chi connectivity index (χ3n) is 4.71. The van der Waals surface area contributed by atoms with Crippen LogP contribution in [-0.4, -0.2) is 59.5 Å². The summed E-state index contributed by atoms with van der Waals surface area (Å²) in [6, 6.07) is 0. The molecule has 0 unspecified atom stereocenters. The van der Waals surface area contributed by atoms with Crippen LogP contribution in [0.2, 0.25) is 0 Å². The minimum atomic E-state index is -5.04. The van der Waals surface area contributed by atoms with Gasteiger partial charge >= 0.3 is 25.2 Å². The van der Waals surface area contributed by atoms with E-state index in [1.54, 1.807) is 27.7 Å². The second-order valence-electron chi connectivity index (χ2n) is 6.87. The maximum atomic E-state index is 12.6. The van der Waals surface area contributed by atoms with Crippen molar-refractivity contribution >= 4 is 19.0 Å². The summed E-state index contributed by atoms with van der Waals surface area (Å²) in [7, 11) is -0.954. The van der Waals surface area contributed by atoms with Gasteiger partial charge in [0.15, 0.2) is 0 Å². The molecule has 1 amide bonds. The number of amides is 1. The van der Waals surface area contributed by atoms with Crippen LogP contribution in [0.25, 0.3) is 0 Å². The quantitative estimate of drug-likeness (QED) is 0.770. The molecule has 2 aliphatic rings. The largest absolute Gasteiger partial charge is 0.491 e. The van der Waals surface area contributed by atoms with Gasteiger partial charge in [-0.2, -0.15) is 13.2 Å². The van der Waals surface area contributed by atoms with E-state index < -0.39 is 42.9 Å². The number of aliphatic carboxylic acids is 1. The summed E-state index contributed by atoms with van der Waals surface area (Å²) in [5.41, 5.74) is -1.43. The van der Waals surface area contributed by atoms with Gasteiger partial charge in [0.25, 0.3) is 0 Å². The lowest BCUT2D eigenvalue weighted by atomic mass is 9.71. The Kier molecular flexibility index (Phi) is 4.51. The first kappa shape index (κ1) is 18.8. The van der Waals surface area contributed by atoms with Crippen LogP contribution in [0.3, 0.4) is 0 Å². The molecule has 0 bridgehead atoms. The van der Waals surface area contributed by atoms with Gasteiger partial charge in [0.05, 0.1) is 23.3 Å².